The predicted octanol–water partition coefficient (Wildman–Crippen LogP) is 2.60. The molecule has 0 bridgehead atoms. The van der Waals surface area contributed by atoms with Gasteiger partial charge in [-0.3, -0.25) is 4.79 Å². The standard InChI is InChI=1S/C14H24N2O2/c1-9(2)8-15-12(17)7-11-10(3)16-13(18-11)14(4,5)6/h9H,7-8H2,1-6H3,(H,15,17). The van der Waals surface area contributed by atoms with Crippen molar-refractivity contribution >= 4 is 5.91 Å². The number of rotatable bonds is 4. The first kappa shape index (κ1) is 14.7. The van der Waals surface area contributed by atoms with Crippen LogP contribution in [0.4, 0.5) is 0 Å². The minimum Gasteiger partial charge on any atom is -0.444 e. The van der Waals surface area contributed by atoms with E-state index in [1.165, 1.54) is 0 Å². The van der Waals surface area contributed by atoms with Crippen molar-refractivity contribution < 1.29 is 9.21 Å². The Hall–Kier alpha value is -1.32. The lowest BCUT2D eigenvalue weighted by Crippen LogP contribution is -2.28. The van der Waals surface area contributed by atoms with E-state index in [1.807, 2.05) is 27.7 Å². The summed E-state index contributed by atoms with van der Waals surface area (Å²) in [6, 6.07) is 0. The average Bonchev–Trinajstić information content (AvgIpc) is 2.57. The van der Waals surface area contributed by atoms with Crippen LogP contribution in [-0.4, -0.2) is 17.4 Å². The van der Waals surface area contributed by atoms with Crippen LogP contribution in [0.3, 0.4) is 0 Å². The van der Waals surface area contributed by atoms with Crippen LogP contribution in [0.1, 0.15) is 52.0 Å². The number of amides is 1. The van der Waals surface area contributed by atoms with Crippen LogP contribution in [0.15, 0.2) is 4.42 Å². The number of hydrogen-bond acceptors (Lipinski definition) is 3. The Morgan fingerprint density at radius 3 is 2.44 bits per heavy atom. The van der Waals surface area contributed by atoms with Crippen molar-refractivity contribution in [3.05, 3.63) is 17.3 Å². The fourth-order valence-corrected chi connectivity index (χ4v) is 1.44. The third-order valence-corrected chi connectivity index (χ3v) is 2.56. The molecule has 1 aromatic rings. The molecule has 18 heavy (non-hydrogen) atoms. The van der Waals surface area contributed by atoms with Gasteiger partial charge in [-0.05, 0) is 12.8 Å². The minimum atomic E-state index is -0.128. The summed E-state index contributed by atoms with van der Waals surface area (Å²) >= 11 is 0. The fourth-order valence-electron chi connectivity index (χ4n) is 1.44. The topological polar surface area (TPSA) is 55.1 Å². The van der Waals surface area contributed by atoms with Gasteiger partial charge in [-0.1, -0.05) is 34.6 Å². The summed E-state index contributed by atoms with van der Waals surface area (Å²) < 4.78 is 5.68. The van der Waals surface area contributed by atoms with Gasteiger partial charge in [0.25, 0.3) is 0 Å². The second-order valence-corrected chi connectivity index (χ2v) is 6.15. The zero-order valence-corrected chi connectivity index (χ0v) is 12.3. The molecule has 0 saturated carbocycles. The molecule has 0 aliphatic carbocycles. The molecule has 0 spiro atoms. The Labute approximate surface area is 109 Å². The Kier molecular flexibility index (Phi) is 4.54. The fraction of sp³-hybridized carbons (Fsp3) is 0.714. The number of oxazole rings is 1. The molecule has 0 aliphatic heterocycles. The molecule has 4 heteroatoms. The third-order valence-electron chi connectivity index (χ3n) is 2.56. The van der Waals surface area contributed by atoms with Gasteiger partial charge in [0.1, 0.15) is 5.76 Å². The zero-order valence-electron chi connectivity index (χ0n) is 12.3. The molecule has 0 aliphatic rings. The maximum absolute atomic E-state index is 11.7. The first-order valence-corrected chi connectivity index (χ1v) is 6.43. The first-order chi connectivity index (χ1) is 8.20. The Balaban J connectivity index is 2.68. The van der Waals surface area contributed by atoms with Crippen LogP contribution in [0.5, 0.6) is 0 Å². The van der Waals surface area contributed by atoms with Gasteiger partial charge in [0.15, 0.2) is 5.89 Å². The zero-order chi connectivity index (χ0) is 13.9. The second-order valence-electron chi connectivity index (χ2n) is 6.15. The monoisotopic (exact) mass is 252 g/mol. The molecule has 0 aromatic carbocycles. The number of carbonyl (C=O) groups is 1. The molecule has 0 radical (unpaired) electrons. The highest BCUT2D eigenvalue weighted by molar-refractivity contribution is 5.78. The summed E-state index contributed by atoms with van der Waals surface area (Å²) in [6.45, 7) is 12.8. The van der Waals surface area contributed by atoms with Gasteiger partial charge < -0.3 is 9.73 Å². The van der Waals surface area contributed by atoms with Gasteiger partial charge in [-0.2, -0.15) is 0 Å². The molecular formula is C14H24N2O2. The number of nitrogens with one attached hydrogen (secondary N) is 1. The van der Waals surface area contributed by atoms with Crippen molar-refractivity contribution in [1.29, 1.82) is 0 Å². The molecule has 1 aromatic heterocycles. The molecular weight excluding hydrogens is 228 g/mol. The Morgan fingerprint density at radius 2 is 2.00 bits per heavy atom. The molecule has 102 valence electrons. The van der Waals surface area contributed by atoms with Crippen LogP contribution in [0.25, 0.3) is 0 Å². The molecule has 4 nitrogen and oxygen atoms in total. The van der Waals surface area contributed by atoms with E-state index in [0.29, 0.717) is 24.1 Å². The van der Waals surface area contributed by atoms with Crippen molar-refractivity contribution in [3.63, 3.8) is 0 Å². The maximum atomic E-state index is 11.7. The summed E-state index contributed by atoms with van der Waals surface area (Å²) in [4.78, 5) is 16.1. The summed E-state index contributed by atoms with van der Waals surface area (Å²) in [5.74, 6) is 1.80. The van der Waals surface area contributed by atoms with Crippen LogP contribution >= 0.6 is 0 Å². The van der Waals surface area contributed by atoms with Gasteiger partial charge in [0.05, 0.1) is 12.1 Å². The minimum absolute atomic E-state index is 0.0107. The van der Waals surface area contributed by atoms with Crippen LogP contribution in [-0.2, 0) is 16.6 Å². The molecule has 0 atom stereocenters. The van der Waals surface area contributed by atoms with E-state index in [-0.39, 0.29) is 17.7 Å². The van der Waals surface area contributed by atoms with E-state index >= 15 is 0 Å². The molecule has 1 heterocycles. The number of carbonyl (C=O) groups excluding carboxylic acids is 1. The number of nitrogens with zero attached hydrogens (tertiary/aromatic N) is 1. The number of aryl methyl sites for hydroxylation is 1. The maximum Gasteiger partial charge on any atom is 0.227 e. The first-order valence-electron chi connectivity index (χ1n) is 6.43. The van der Waals surface area contributed by atoms with E-state index in [0.717, 1.165) is 5.69 Å². The summed E-state index contributed by atoms with van der Waals surface area (Å²) in [7, 11) is 0. The summed E-state index contributed by atoms with van der Waals surface area (Å²) in [5.41, 5.74) is 0.678. The quantitative estimate of drug-likeness (QED) is 0.896. The van der Waals surface area contributed by atoms with E-state index in [4.69, 9.17) is 4.42 Å². The number of hydrogen-bond donors (Lipinski definition) is 1. The average molecular weight is 252 g/mol. The largest absolute Gasteiger partial charge is 0.444 e. The van der Waals surface area contributed by atoms with Crippen molar-refractivity contribution in [2.45, 2.75) is 53.4 Å². The molecule has 0 unspecified atom stereocenters. The summed E-state index contributed by atoms with van der Waals surface area (Å²) in [6.07, 6.45) is 0.266. The lowest BCUT2D eigenvalue weighted by atomic mass is 9.97. The van der Waals surface area contributed by atoms with E-state index < -0.39 is 0 Å². The van der Waals surface area contributed by atoms with E-state index in [2.05, 4.69) is 24.1 Å². The SMILES string of the molecule is Cc1nc(C(C)(C)C)oc1CC(=O)NCC(C)C. The van der Waals surface area contributed by atoms with Gasteiger partial charge >= 0.3 is 0 Å². The molecule has 1 rings (SSSR count). The molecule has 1 amide bonds. The van der Waals surface area contributed by atoms with Crippen molar-refractivity contribution in [1.82, 2.24) is 10.3 Å². The molecule has 0 saturated heterocycles. The van der Waals surface area contributed by atoms with Crippen LogP contribution < -0.4 is 5.32 Å². The highest BCUT2D eigenvalue weighted by Gasteiger charge is 2.23. The smallest absolute Gasteiger partial charge is 0.227 e. The lowest BCUT2D eigenvalue weighted by Gasteiger charge is -2.12. The highest BCUT2D eigenvalue weighted by Crippen LogP contribution is 2.23. The Morgan fingerprint density at radius 1 is 1.39 bits per heavy atom. The molecule has 0 fully saturated rings. The van der Waals surface area contributed by atoms with Crippen molar-refractivity contribution in [2.75, 3.05) is 6.54 Å². The third kappa shape index (κ3) is 4.17. The van der Waals surface area contributed by atoms with Gasteiger partial charge in [0.2, 0.25) is 5.91 Å². The van der Waals surface area contributed by atoms with Gasteiger partial charge in [-0.15, -0.1) is 0 Å². The van der Waals surface area contributed by atoms with Crippen molar-refractivity contribution in [3.8, 4) is 0 Å². The van der Waals surface area contributed by atoms with E-state index in [1.54, 1.807) is 0 Å². The van der Waals surface area contributed by atoms with Gasteiger partial charge in [0, 0.05) is 12.0 Å². The lowest BCUT2D eigenvalue weighted by molar-refractivity contribution is -0.120. The van der Waals surface area contributed by atoms with Gasteiger partial charge in [-0.25, -0.2) is 4.98 Å². The van der Waals surface area contributed by atoms with Crippen LogP contribution in [0, 0.1) is 12.8 Å². The number of aromatic nitrogens is 1. The predicted molar refractivity (Wildman–Crippen MR) is 71.5 cm³/mol. The molecule has 1 N–H and O–H groups in total. The second kappa shape index (κ2) is 5.55. The normalized spacial score (nSPS) is 11.9. The Bertz CT molecular complexity index is 414. The van der Waals surface area contributed by atoms with Crippen molar-refractivity contribution in [2.24, 2.45) is 5.92 Å². The van der Waals surface area contributed by atoms with Crippen LogP contribution in [0.2, 0.25) is 0 Å². The van der Waals surface area contributed by atoms with E-state index in [9.17, 15) is 4.79 Å². The summed E-state index contributed by atoms with van der Waals surface area (Å²) in [5, 5.41) is 2.88. The highest BCUT2D eigenvalue weighted by atomic mass is 16.4.